The van der Waals surface area contributed by atoms with Crippen molar-refractivity contribution in [1.29, 1.82) is 0 Å². The Morgan fingerprint density at radius 1 is 1.28 bits per heavy atom. The van der Waals surface area contributed by atoms with E-state index in [2.05, 4.69) is 10.4 Å². The minimum atomic E-state index is -0.295. The summed E-state index contributed by atoms with van der Waals surface area (Å²) in [6, 6.07) is 6.96. The highest BCUT2D eigenvalue weighted by molar-refractivity contribution is 6.06. The van der Waals surface area contributed by atoms with Crippen LogP contribution in [0.15, 0.2) is 36.7 Å². The van der Waals surface area contributed by atoms with E-state index >= 15 is 0 Å². The number of nitrogens with zero attached hydrogens (tertiary/aromatic N) is 3. The van der Waals surface area contributed by atoms with Gasteiger partial charge in [-0.3, -0.25) is 14.3 Å². The van der Waals surface area contributed by atoms with Crippen LogP contribution in [-0.2, 0) is 16.1 Å². The Balaban J connectivity index is 1.61. The predicted octanol–water partition coefficient (Wildman–Crippen LogP) is 1.00. The predicted molar refractivity (Wildman–Crippen MR) is 90.6 cm³/mol. The van der Waals surface area contributed by atoms with Gasteiger partial charge in [-0.1, -0.05) is 12.1 Å². The Morgan fingerprint density at radius 2 is 2.04 bits per heavy atom. The molecule has 0 bridgehead atoms. The first-order valence-corrected chi connectivity index (χ1v) is 7.99. The zero-order valence-electron chi connectivity index (χ0n) is 14.0. The summed E-state index contributed by atoms with van der Waals surface area (Å²) in [4.78, 5) is 26.3. The van der Waals surface area contributed by atoms with Crippen LogP contribution >= 0.6 is 0 Å². The van der Waals surface area contributed by atoms with Gasteiger partial charge in [0.1, 0.15) is 12.3 Å². The van der Waals surface area contributed by atoms with E-state index in [9.17, 15) is 9.59 Å². The molecule has 1 aliphatic heterocycles. The Bertz CT molecular complexity index is 753. The number of carbonyl (C=O) groups is 2. The molecule has 3 rings (SSSR count). The number of morpholine rings is 1. The standard InChI is InChI=1S/C17H20N4O4/c1-24-15-5-3-2-4-14(15)17(23)19-13-10-18-21(11-13)12-16(22)20-6-8-25-9-7-20/h2-5,10-11H,6-9,12H2,1H3,(H,19,23). The fraction of sp³-hybridized carbons (Fsp3) is 0.353. The maximum absolute atomic E-state index is 12.4. The quantitative estimate of drug-likeness (QED) is 0.875. The van der Waals surface area contributed by atoms with Gasteiger partial charge in [0.25, 0.3) is 5.91 Å². The molecule has 0 unspecified atom stereocenters. The van der Waals surface area contributed by atoms with E-state index < -0.39 is 0 Å². The average molecular weight is 344 g/mol. The van der Waals surface area contributed by atoms with Crippen molar-refractivity contribution >= 4 is 17.5 Å². The Labute approximate surface area is 145 Å². The highest BCUT2D eigenvalue weighted by Gasteiger charge is 2.18. The van der Waals surface area contributed by atoms with Crippen LogP contribution < -0.4 is 10.1 Å². The smallest absolute Gasteiger partial charge is 0.259 e. The number of para-hydroxylation sites is 1. The molecule has 1 aliphatic rings. The van der Waals surface area contributed by atoms with E-state index in [1.54, 1.807) is 35.4 Å². The second-order valence-electron chi connectivity index (χ2n) is 5.57. The molecular formula is C17H20N4O4. The molecule has 1 aromatic heterocycles. The minimum Gasteiger partial charge on any atom is -0.496 e. The number of ether oxygens (including phenoxy) is 2. The fourth-order valence-electron chi connectivity index (χ4n) is 2.60. The normalized spacial score (nSPS) is 14.2. The first-order chi connectivity index (χ1) is 12.2. The van der Waals surface area contributed by atoms with E-state index in [4.69, 9.17) is 9.47 Å². The van der Waals surface area contributed by atoms with Gasteiger partial charge in [0.15, 0.2) is 0 Å². The molecule has 2 aromatic rings. The van der Waals surface area contributed by atoms with E-state index in [0.717, 1.165) is 0 Å². The summed E-state index contributed by atoms with van der Waals surface area (Å²) < 4.78 is 11.9. The minimum absolute atomic E-state index is 0.0194. The SMILES string of the molecule is COc1ccccc1C(=O)Nc1cnn(CC(=O)N2CCOCC2)c1. The van der Waals surface area contributed by atoms with Crippen molar-refractivity contribution in [3.63, 3.8) is 0 Å². The molecule has 1 N–H and O–H groups in total. The van der Waals surface area contributed by atoms with Gasteiger partial charge in [-0.15, -0.1) is 0 Å². The van der Waals surface area contributed by atoms with Crippen LogP contribution in [0.3, 0.4) is 0 Å². The number of rotatable bonds is 5. The lowest BCUT2D eigenvalue weighted by molar-refractivity contribution is -0.136. The molecule has 2 amide bonds. The number of carbonyl (C=O) groups excluding carboxylic acids is 2. The van der Waals surface area contributed by atoms with Crippen molar-refractivity contribution in [2.45, 2.75) is 6.54 Å². The molecule has 8 nitrogen and oxygen atoms in total. The molecule has 0 radical (unpaired) electrons. The maximum atomic E-state index is 12.4. The monoisotopic (exact) mass is 344 g/mol. The largest absolute Gasteiger partial charge is 0.496 e. The van der Waals surface area contributed by atoms with E-state index in [1.807, 2.05) is 0 Å². The molecule has 132 valence electrons. The third kappa shape index (κ3) is 4.16. The van der Waals surface area contributed by atoms with Gasteiger partial charge in [0, 0.05) is 19.3 Å². The lowest BCUT2D eigenvalue weighted by Gasteiger charge is -2.26. The number of nitrogens with one attached hydrogen (secondary N) is 1. The van der Waals surface area contributed by atoms with Crippen molar-refractivity contribution in [3.05, 3.63) is 42.2 Å². The summed E-state index contributed by atoms with van der Waals surface area (Å²) in [7, 11) is 1.52. The zero-order valence-corrected chi connectivity index (χ0v) is 14.0. The highest BCUT2D eigenvalue weighted by atomic mass is 16.5. The third-order valence-electron chi connectivity index (χ3n) is 3.90. The third-order valence-corrected chi connectivity index (χ3v) is 3.90. The zero-order chi connectivity index (χ0) is 17.6. The Morgan fingerprint density at radius 3 is 2.80 bits per heavy atom. The summed E-state index contributed by atoms with van der Waals surface area (Å²) >= 11 is 0. The molecule has 0 spiro atoms. The fourth-order valence-corrected chi connectivity index (χ4v) is 2.60. The number of hydrogen-bond donors (Lipinski definition) is 1. The number of benzene rings is 1. The number of amides is 2. The first-order valence-electron chi connectivity index (χ1n) is 7.99. The van der Waals surface area contributed by atoms with Crippen LogP contribution in [0.5, 0.6) is 5.75 Å². The van der Waals surface area contributed by atoms with Crippen LogP contribution in [0.25, 0.3) is 0 Å². The Kier molecular flexibility index (Phi) is 5.30. The van der Waals surface area contributed by atoms with Crippen molar-refractivity contribution in [2.24, 2.45) is 0 Å². The van der Waals surface area contributed by atoms with Crippen LogP contribution in [-0.4, -0.2) is 59.9 Å². The number of aromatic nitrogens is 2. The van der Waals surface area contributed by atoms with Gasteiger partial charge >= 0.3 is 0 Å². The van der Waals surface area contributed by atoms with E-state index in [-0.39, 0.29) is 18.4 Å². The molecule has 2 heterocycles. The topological polar surface area (TPSA) is 85.7 Å². The summed E-state index contributed by atoms with van der Waals surface area (Å²) in [6.07, 6.45) is 3.14. The number of anilines is 1. The summed E-state index contributed by atoms with van der Waals surface area (Å²) in [5, 5.41) is 6.89. The molecule has 0 atom stereocenters. The second kappa shape index (κ2) is 7.80. The first kappa shape index (κ1) is 17.0. The molecule has 1 fully saturated rings. The van der Waals surface area contributed by atoms with Crippen LogP contribution in [0, 0.1) is 0 Å². The average Bonchev–Trinajstić information content (AvgIpc) is 3.09. The Hall–Kier alpha value is -2.87. The summed E-state index contributed by atoms with van der Waals surface area (Å²) in [6.45, 7) is 2.44. The summed E-state index contributed by atoms with van der Waals surface area (Å²) in [5.41, 5.74) is 0.952. The van der Waals surface area contributed by atoms with Crippen molar-refractivity contribution in [2.75, 3.05) is 38.7 Å². The van der Waals surface area contributed by atoms with Gasteiger partial charge in [-0.05, 0) is 12.1 Å². The molecule has 0 aliphatic carbocycles. The van der Waals surface area contributed by atoms with Gasteiger partial charge in [0.2, 0.25) is 5.91 Å². The van der Waals surface area contributed by atoms with E-state index in [1.165, 1.54) is 18.0 Å². The van der Waals surface area contributed by atoms with Crippen molar-refractivity contribution < 1.29 is 19.1 Å². The molecule has 8 heteroatoms. The van der Waals surface area contributed by atoms with Gasteiger partial charge in [0.05, 0.1) is 37.8 Å². The van der Waals surface area contributed by atoms with E-state index in [0.29, 0.717) is 43.3 Å². The molecule has 25 heavy (non-hydrogen) atoms. The number of methoxy groups -OCH3 is 1. The molecule has 1 aromatic carbocycles. The van der Waals surface area contributed by atoms with Gasteiger partial charge in [-0.2, -0.15) is 5.10 Å². The van der Waals surface area contributed by atoms with Crippen LogP contribution in [0.1, 0.15) is 10.4 Å². The van der Waals surface area contributed by atoms with Crippen LogP contribution in [0.2, 0.25) is 0 Å². The van der Waals surface area contributed by atoms with Gasteiger partial charge in [-0.25, -0.2) is 0 Å². The maximum Gasteiger partial charge on any atom is 0.259 e. The number of hydrogen-bond acceptors (Lipinski definition) is 5. The van der Waals surface area contributed by atoms with Crippen LogP contribution in [0.4, 0.5) is 5.69 Å². The summed E-state index contributed by atoms with van der Waals surface area (Å²) in [5.74, 6) is 0.181. The molecule has 0 saturated carbocycles. The lowest BCUT2D eigenvalue weighted by Crippen LogP contribution is -2.42. The highest BCUT2D eigenvalue weighted by Crippen LogP contribution is 2.19. The van der Waals surface area contributed by atoms with Crippen molar-refractivity contribution in [1.82, 2.24) is 14.7 Å². The lowest BCUT2D eigenvalue weighted by atomic mass is 10.2. The van der Waals surface area contributed by atoms with Crippen molar-refractivity contribution in [3.8, 4) is 5.75 Å². The molecule has 1 saturated heterocycles. The molecular weight excluding hydrogens is 324 g/mol. The second-order valence-corrected chi connectivity index (χ2v) is 5.57. The van der Waals surface area contributed by atoms with Gasteiger partial charge < -0.3 is 19.7 Å².